The van der Waals surface area contributed by atoms with Gasteiger partial charge in [0.25, 0.3) is 0 Å². The average molecular weight is 226 g/mol. The fourth-order valence-corrected chi connectivity index (χ4v) is 2.20. The highest BCUT2D eigenvalue weighted by Crippen LogP contribution is 2.43. The second-order valence-corrected chi connectivity index (χ2v) is 4.59. The van der Waals surface area contributed by atoms with E-state index in [4.69, 9.17) is 4.74 Å². The number of hydrogen-bond donors (Lipinski definition) is 1. The van der Waals surface area contributed by atoms with E-state index in [-0.39, 0.29) is 0 Å². The maximum Gasteiger partial charge on any atom is 0.133 e. The van der Waals surface area contributed by atoms with Crippen LogP contribution >= 0.6 is 0 Å². The van der Waals surface area contributed by atoms with Crippen LogP contribution in [0.15, 0.2) is 36.4 Å². The van der Waals surface area contributed by atoms with E-state index in [0.717, 1.165) is 33.8 Å². The lowest BCUT2D eigenvalue weighted by Crippen LogP contribution is -2.09. The van der Waals surface area contributed by atoms with Crippen LogP contribution in [0.2, 0.25) is 0 Å². The second-order valence-electron chi connectivity index (χ2n) is 4.59. The van der Waals surface area contributed by atoms with E-state index in [9.17, 15) is 5.11 Å². The molecule has 0 fully saturated rings. The molecule has 17 heavy (non-hydrogen) atoms. The molecule has 0 saturated heterocycles. The molecular weight excluding hydrogens is 212 g/mol. The number of aryl methyl sites for hydroxylation is 2. The minimum absolute atomic E-state index is 0.588. The van der Waals surface area contributed by atoms with Gasteiger partial charge in [-0.2, -0.15) is 0 Å². The molecule has 3 rings (SSSR count). The second kappa shape index (κ2) is 3.60. The first-order valence-corrected chi connectivity index (χ1v) is 5.72. The maximum atomic E-state index is 10.3. The summed E-state index contributed by atoms with van der Waals surface area (Å²) < 4.78 is 5.85. The fourth-order valence-electron chi connectivity index (χ4n) is 2.20. The van der Waals surface area contributed by atoms with Crippen LogP contribution in [0.3, 0.4) is 0 Å². The largest absolute Gasteiger partial charge is 0.457 e. The van der Waals surface area contributed by atoms with Gasteiger partial charge in [0, 0.05) is 11.1 Å². The van der Waals surface area contributed by atoms with E-state index < -0.39 is 6.10 Å². The van der Waals surface area contributed by atoms with Crippen molar-refractivity contribution in [2.75, 3.05) is 0 Å². The molecule has 2 nitrogen and oxygen atoms in total. The van der Waals surface area contributed by atoms with Gasteiger partial charge in [0.2, 0.25) is 0 Å². The highest BCUT2D eigenvalue weighted by Gasteiger charge is 2.25. The van der Waals surface area contributed by atoms with E-state index in [2.05, 4.69) is 0 Å². The van der Waals surface area contributed by atoms with Crippen LogP contribution in [-0.2, 0) is 0 Å². The summed E-state index contributed by atoms with van der Waals surface area (Å²) in [4.78, 5) is 0. The molecule has 1 N–H and O–H groups in total. The number of ether oxygens (including phenoxy) is 1. The number of fused-ring (bicyclic) bond motifs is 2. The molecular formula is C15H14O2. The predicted octanol–water partition coefficient (Wildman–Crippen LogP) is 3.49. The molecule has 0 spiro atoms. The summed E-state index contributed by atoms with van der Waals surface area (Å²) in [6.07, 6.45) is -0.588. The van der Waals surface area contributed by atoms with Crippen molar-refractivity contribution in [1.29, 1.82) is 0 Å². The lowest BCUT2D eigenvalue weighted by molar-refractivity contribution is 0.203. The van der Waals surface area contributed by atoms with E-state index >= 15 is 0 Å². The maximum absolute atomic E-state index is 10.3. The van der Waals surface area contributed by atoms with E-state index in [1.54, 1.807) is 0 Å². The van der Waals surface area contributed by atoms with Crippen LogP contribution in [-0.4, -0.2) is 5.11 Å². The van der Waals surface area contributed by atoms with E-state index in [1.165, 1.54) is 0 Å². The molecule has 0 atom stereocenters. The molecule has 2 aromatic rings. The number of benzene rings is 2. The number of aliphatic hydroxyl groups excluding tert-OH is 1. The lowest BCUT2D eigenvalue weighted by atomic mass is 9.95. The molecule has 0 amide bonds. The zero-order chi connectivity index (χ0) is 12.0. The predicted molar refractivity (Wildman–Crippen MR) is 66.5 cm³/mol. The van der Waals surface area contributed by atoms with Crippen molar-refractivity contribution in [1.82, 2.24) is 0 Å². The summed E-state index contributed by atoms with van der Waals surface area (Å²) >= 11 is 0. The van der Waals surface area contributed by atoms with Gasteiger partial charge in [-0.3, -0.25) is 0 Å². The Hall–Kier alpha value is -1.80. The van der Waals surface area contributed by atoms with Crippen LogP contribution in [0.25, 0.3) is 0 Å². The van der Waals surface area contributed by atoms with Gasteiger partial charge in [-0.25, -0.2) is 0 Å². The zero-order valence-electron chi connectivity index (χ0n) is 9.90. The molecule has 0 unspecified atom stereocenters. The van der Waals surface area contributed by atoms with Crippen molar-refractivity contribution in [3.05, 3.63) is 58.7 Å². The average Bonchev–Trinajstić information content (AvgIpc) is 2.28. The van der Waals surface area contributed by atoms with Crippen LogP contribution in [0.4, 0.5) is 0 Å². The SMILES string of the molecule is Cc1ccc2c(c1)Oc1cc(C)ccc1C2O. The van der Waals surface area contributed by atoms with Gasteiger partial charge in [0.15, 0.2) is 0 Å². The molecule has 2 aromatic carbocycles. The van der Waals surface area contributed by atoms with Gasteiger partial charge in [-0.05, 0) is 37.1 Å². The molecule has 0 radical (unpaired) electrons. The van der Waals surface area contributed by atoms with Crippen molar-refractivity contribution in [3.63, 3.8) is 0 Å². The molecule has 1 aliphatic heterocycles. The van der Waals surface area contributed by atoms with Crippen LogP contribution in [0, 0.1) is 13.8 Å². The summed E-state index contributed by atoms with van der Waals surface area (Å²) in [5.41, 5.74) is 3.94. The highest BCUT2D eigenvalue weighted by atomic mass is 16.5. The Morgan fingerprint density at radius 2 is 1.35 bits per heavy atom. The van der Waals surface area contributed by atoms with E-state index in [0.29, 0.717) is 0 Å². The van der Waals surface area contributed by atoms with Crippen LogP contribution in [0.1, 0.15) is 28.4 Å². The zero-order valence-corrected chi connectivity index (χ0v) is 9.90. The summed E-state index contributed by atoms with van der Waals surface area (Å²) in [7, 11) is 0. The molecule has 0 saturated carbocycles. The number of aliphatic hydroxyl groups is 1. The third-order valence-electron chi connectivity index (χ3n) is 3.15. The van der Waals surface area contributed by atoms with Gasteiger partial charge in [-0.15, -0.1) is 0 Å². The third-order valence-corrected chi connectivity index (χ3v) is 3.15. The molecule has 2 heteroatoms. The van der Waals surface area contributed by atoms with Gasteiger partial charge in [0.1, 0.15) is 17.6 Å². The van der Waals surface area contributed by atoms with Gasteiger partial charge in [-0.1, -0.05) is 24.3 Å². The third kappa shape index (κ3) is 1.61. The Morgan fingerprint density at radius 1 is 0.882 bits per heavy atom. The Morgan fingerprint density at radius 3 is 1.82 bits per heavy atom. The van der Waals surface area contributed by atoms with Gasteiger partial charge in [0.05, 0.1) is 0 Å². The first-order chi connectivity index (χ1) is 8.15. The first kappa shape index (κ1) is 10.4. The van der Waals surface area contributed by atoms with Crippen molar-refractivity contribution in [3.8, 4) is 11.5 Å². The Labute approximate surface area is 100 Å². The van der Waals surface area contributed by atoms with Crippen LogP contribution in [0.5, 0.6) is 11.5 Å². The normalized spacial score (nSPS) is 13.8. The summed E-state index contributed by atoms with van der Waals surface area (Å²) in [5, 5.41) is 10.3. The quantitative estimate of drug-likeness (QED) is 0.745. The highest BCUT2D eigenvalue weighted by molar-refractivity contribution is 5.53. The molecule has 0 aromatic heterocycles. The standard InChI is InChI=1S/C15H14O2/c1-9-3-5-11-13(7-9)17-14-8-10(2)4-6-12(14)15(11)16/h3-8,15-16H,1-2H3. The first-order valence-electron chi connectivity index (χ1n) is 5.72. The topological polar surface area (TPSA) is 29.5 Å². The lowest BCUT2D eigenvalue weighted by Gasteiger charge is -2.25. The Kier molecular flexibility index (Phi) is 2.20. The van der Waals surface area contributed by atoms with Crippen molar-refractivity contribution in [2.24, 2.45) is 0 Å². The summed E-state index contributed by atoms with van der Waals surface area (Å²) in [6.45, 7) is 4.03. The number of hydrogen-bond acceptors (Lipinski definition) is 2. The molecule has 1 aliphatic rings. The van der Waals surface area contributed by atoms with Crippen molar-refractivity contribution in [2.45, 2.75) is 20.0 Å². The molecule has 1 heterocycles. The Bertz CT molecular complexity index is 536. The fraction of sp³-hybridized carbons (Fsp3) is 0.200. The summed E-state index contributed by atoms with van der Waals surface area (Å²) in [6, 6.07) is 11.8. The monoisotopic (exact) mass is 226 g/mol. The summed E-state index contributed by atoms with van der Waals surface area (Å²) in [5.74, 6) is 1.52. The molecule has 0 aliphatic carbocycles. The van der Waals surface area contributed by atoms with Gasteiger partial charge >= 0.3 is 0 Å². The smallest absolute Gasteiger partial charge is 0.133 e. The van der Waals surface area contributed by atoms with Crippen LogP contribution < -0.4 is 4.74 Å². The molecule has 86 valence electrons. The van der Waals surface area contributed by atoms with Crippen molar-refractivity contribution >= 4 is 0 Å². The minimum atomic E-state index is -0.588. The molecule has 0 bridgehead atoms. The van der Waals surface area contributed by atoms with Gasteiger partial charge < -0.3 is 9.84 Å². The minimum Gasteiger partial charge on any atom is -0.457 e. The van der Waals surface area contributed by atoms with E-state index in [1.807, 2.05) is 50.2 Å². The number of rotatable bonds is 0. The van der Waals surface area contributed by atoms with Crippen molar-refractivity contribution < 1.29 is 9.84 Å². The Balaban J connectivity index is 2.17.